The molecule has 0 aromatic heterocycles. The Balaban J connectivity index is 1.43. The van der Waals surface area contributed by atoms with Crippen LogP contribution in [0.15, 0.2) is 30.3 Å². The minimum Gasteiger partial charge on any atom is -0.497 e. The molecule has 0 radical (unpaired) electrons. The molecule has 1 spiro atoms. The minimum absolute atomic E-state index is 0.0201. The summed E-state index contributed by atoms with van der Waals surface area (Å²) in [6.07, 6.45) is 0.881. The SMILES string of the molecule is COc1ccc2c(c1)C(=O)CC1(CCN(C(=O)COc3c(C)ccc(C)c3C)C1)O2. The molecule has 2 aliphatic heterocycles. The van der Waals surface area contributed by atoms with E-state index >= 15 is 0 Å². The van der Waals surface area contributed by atoms with Gasteiger partial charge in [-0.3, -0.25) is 9.59 Å². The largest absolute Gasteiger partial charge is 0.497 e. The third-order valence-electron chi connectivity index (χ3n) is 6.18. The van der Waals surface area contributed by atoms with Crippen LogP contribution in [0, 0.1) is 20.8 Å². The predicted octanol–water partition coefficient (Wildman–Crippen LogP) is 3.64. The number of fused-ring (bicyclic) bond motifs is 1. The molecule has 0 N–H and O–H groups in total. The molecule has 2 heterocycles. The maximum absolute atomic E-state index is 12.8. The van der Waals surface area contributed by atoms with Gasteiger partial charge < -0.3 is 19.1 Å². The topological polar surface area (TPSA) is 65.1 Å². The van der Waals surface area contributed by atoms with Crippen LogP contribution in [0.25, 0.3) is 0 Å². The van der Waals surface area contributed by atoms with Crippen molar-refractivity contribution in [3.63, 3.8) is 0 Å². The van der Waals surface area contributed by atoms with E-state index in [-0.39, 0.29) is 24.7 Å². The maximum atomic E-state index is 12.8. The smallest absolute Gasteiger partial charge is 0.260 e. The molecule has 1 atom stereocenters. The first-order chi connectivity index (χ1) is 14.3. The van der Waals surface area contributed by atoms with E-state index in [9.17, 15) is 9.59 Å². The standard InChI is InChI=1S/C24H27NO5/c1-15-5-6-16(2)23(17(15)3)29-13-22(27)25-10-9-24(14-25)12-20(26)19-11-18(28-4)7-8-21(19)30-24/h5-8,11H,9-10,12-14H2,1-4H3. The van der Waals surface area contributed by atoms with Crippen LogP contribution in [-0.2, 0) is 4.79 Å². The Kier molecular flexibility index (Phi) is 5.18. The molecule has 6 heteroatoms. The first-order valence-electron chi connectivity index (χ1n) is 10.2. The van der Waals surface area contributed by atoms with E-state index in [1.165, 1.54) is 0 Å². The van der Waals surface area contributed by atoms with Crippen LogP contribution in [-0.4, -0.2) is 49.0 Å². The summed E-state index contributed by atoms with van der Waals surface area (Å²) < 4.78 is 17.3. The summed E-state index contributed by atoms with van der Waals surface area (Å²) in [6.45, 7) is 6.92. The number of hydrogen-bond donors (Lipinski definition) is 0. The molecule has 6 nitrogen and oxygen atoms in total. The van der Waals surface area contributed by atoms with E-state index in [2.05, 4.69) is 6.07 Å². The number of rotatable bonds is 4. The van der Waals surface area contributed by atoms with Crippen molar-refractivity contribution >= 4 is 11.7 Å². The van der Waals surface area contributed by atoms with Crippen molar-refractivity contribution in [2.24, 2.45) is 0 Å². The fourth-order valence-electron chi connectivity index (χ4n) is 4.26. The van der Waals surface area contributed by atoms with E-state index in [1.54, 1.807) is 30.2 Å². The minimum atomic E-state index is -0.663. The van der Waals surface area contributed by atoms with Gasteiger partial charge in [0.2, 0.25) is 0 Å². The van der Waals surface area contributed by atoms with Gasteiger partial charge in [0, 0.05) is 13.0 Å². The van der Waals surface area contributed by atoms with E-state index in [4.69, 9.17) is 14.2 Å². The number of methoxy groups -OCH3 is 1. The summed E-state index contributed by atoms with van der Waals surface area (Å²) in [4.78, 5) is 27.3. The van der Waals surface area contributed by atoms with Crippen molar-refractivity contribution in [3.8, 4) is 17.2 Å². The van der Waals surface area contributed by atoms with E-state index in [1.807, 2.05) is 26.8 Å². The van der Waals surface area contributed by atoms with Gasteiger partial charge in [0.15, 0.2) is 12.4 Å². The van der Waals surface area contributed by atoms with Crippen molar-refractivity contribution < 1.29 is 23.8 Å². The predicted molar refractivity (Wildman–Crippen MR) is 113 cm³/mol. The number of benzene rings is 2. The highest BCUT2D eigenvalue weighted by Crippen LogP contribution is 2.40. The number of nitrogens with zero attached hydrogens (tertiary/aromatic N) is 1. The van der Waals surface area contributed by atoms with Gasteiger partial charge in [-0.1, -0.05) is 12.1 Å². The molecule has 0 saturated carbocycles. The zero-order valence-corrected chi connectivity index (χ0v) is 17.9. The van der Waals surface area contributed by atoms with Crippen molar-refractivity contribution in [1.82, 2.24) is 4.90 Å². The van der Waals surface area contributed by atoms with Crippen LogP contribution in [0.4, 0.5) is 0 Å². The number of carbonyl (C=O) groups is 2. The van der Waals surface area contributed by atoms with Gasteiger partial charge in [0.05, 0.1) is 25.6 Å². The molecule has 1 unspecified atom stereocenters. The van der Waals surface area contributed by atoms with Crippen molar-refractivity contribution in [1.29, 1.82) is 0 Å². The number of Topliss-reactive ketones (excluding diaryl/α,β-unsaturated/α-hetero) is 1. The number of ether oxygens (including phenoxy) is 3. The summed E-state index contributed by atoms with van der Waals surface area (Å²) in [7, 11) is 1.57. The van der Waals surface area contributed by atoms with Crippen LogP contribution >= 0.6 is 0 Å². The second kappa shape index (κ2) is 7.67. The maximum Gasteiger partial charge on any atom is 0.260 e. The van der Waals surface area contributed by atoms with Crippen LogP contribution in [0.5, 0.6) is 17.2 Å². The zero-order chi connectivity index (χ0) is 21.5. The lowest BCUT2D eigenvalue weighted by Gasteiger charge is -2.34. The molecule has 4 rings (SSSR count). The highest BCUT2D eigenvalue weighted by atomic mass is 16.5. The van der Waals surface area contributed by atoms with Gasteiger partial charge in [0.25, 0.3) is 5.91 Å². The van der Waals surface area contributed by atoms with Crippen LogP contribution in [0.2, 0.25) is 0 Å². The first kappa shape index (κ1) is 20.3. The summed E-state index contributed by atoms with van der Waals surface area (Å²) in [5.41, 5.74) is 3.07. The summed E-state index contributed by atoms with van der Waals surface area (Å²) in [6, 6.07) is 9.31. The van der Waals surface area contributed by atoms with Gasteiger partial charge >= 0.3 is 0 Å². The van der Waals surface area contributed by atoms with Crippen LogP contribution in [0.3, 0.4) is 0 Å². The van der Waals surface area contributed by atoms with Gasteiger partial charge in [0.1, 0.15) is 22.8 Å². The fraction of sp³-hybridized carbons (Fsp3) is 0.417. The Hall–Kier alpha value is -3.02. The van der Waals surface area contributed by atoms with Crippen molar-refractivity contribution in [2.75, 3.05) is 26.8 Å². The molecular formula is C24H27NO5. The number of amides is 1. The number of ketones is 1. The second-order valence-corrected chi connectivity index (χ2v) is 8.25. The Bertz CT molecular complexity index is 1010. The summed E-state index contributed by atoms with van der Waals surface area (Å²) in [5, 5.41) is 0. The number of aryl methyl sites for hydroxylation is 2. The molecule has 1 saturated heterocycles. The molecule has 0 bridgehead atoms. The lowest BCUT2D eigenvalue weighted by molar-refractivity contribution is -0.133. The van der Waals surface area contributed by atoms with Crippen LogP contribution in [0.1, 0.15) is 39.9 Å². The van der Waals surface area contributed by atoms with E-state index in [0.29, 0.717) is 36.6 Å². The van der Waals surface area contributed by atoms with Gasteiger partial charge in [-0.2, -0.15) is 0 Å². The molecule has 158 valence electrons. The Morgan fingerprint density at radius 1 is 1.17 bits per heavy atom. The number of likely N-dealkylation sites (tertiary alicyclic amines) is 1. The van der Waals surface area contributed by atoms with Gasteiger partial charge in [-0.25, -0.2) is 0 Å². The lowest BCUT2D eigenvalue weighted by atomic mass is 9.89. The Labute approximate surface area is 176 Å². The Morgan fingerprint density at radius 3 is 2.70 bits per heavy atom. The normalized spacial score (nSPS) is 20.1. The molecule has 30 heavy (non-hydrogen) atoms. The average Bonchev–Trinajstić information content (AvgIpc) is 3.13. The zero-order valence-electron chi connectivity index (χ0n) is 17.9. The van der Waals surface area contributed by atoms with Crippen molar-refractivity contribution in [3.05, 3.63) is 52.6 Å². The fourth-order valence-corrected chi connectivity index (χ4v) is 4.26. The second-order valence-electron chi connectivity index (χ2n) is 8.25. The molecule has 0 aliphatic carbocycles. The number of carbonyl (C=O) groups excluding carboxylic acids is 2. The Morgan fingerprint density at radius 2 is 1.93 bits per heavy atom. The first-order valence-corrected chi connectivity index (χ1v) is 10.2. The molecule has 2 aliphatic rings. The molecule has 2 aromatic carbocycles. The quantitative estimate of drug-likeness (QED) is 0.772. The lowest BCUT2D eigenvalue weighted by Crippen LogP contribution is -2.46. The van der Waals surface area contributed by atoms with E-state index in [0.717, 1.165) is 22.4 Å². The third kappa shape index (κ3) is 3.62. The third-order valence-corrected chi connectivity index (χ3v) is 6.18. The number of hydrogen-bond acceptors (Lipinski definition) is 5. The van der Waals surface area contributed by atoms with Crippen LogP contribution < -0.4 is 14.2 Å². The van der Waals surface area contributed by atoms with Gasteiger partial charge in [-0.15, -0.1) is 0 Å². The molecule has 2 aromatic rings. The highest BCUT2D eigenvalue weighted by Gasteiger charge is 2.47. The summed E-state index contributed by atoms with van der Waals surface area (Å²) >= 11 is 0. The highest BCUT2D eigenvalue weighted by molar-refractivity contribution is 6.01. The average molecular weight is 409 g/mol. The monoisotopic (exact) mass is 409 g/mol. The van der Waals surface area contributed by atoms with Gasteiger partial charge in [-0.05, 0) is 55.7 Å². The molecule has 1 amide bonds. The molecule has 1 fully saturated rings. The van der Waals surface area contributed by atoms with E-state index < -0.39 is 5.60 Å². The van der Waals surface area contributed by atoms with Crippen molar-refractivity contribution in [2.45, 2.75) is 39.2 Å². The summed E-state index contributed by atoms with van der Waals surface area (Å²) in [5.74, 6) is 1.88. The molecular weight excluding hydrogens is 382 g/mol.